The first-order valence-electron chi connectivity index (χ1n) is 16.9. The van der Waals surface area contributed by atoms with Gasteiger partial charge in [-0.1, -0.05) is 67.6 Å². The molecule has 1 atom stereocenters. The Kier molecular flexibility index (Phi) is 13.2. The van der Waals surface area contributed by atoms with E-state index in [2.05, 4.69) is 30.7 Å². The summed E-state index contributed by atoms with van der Waals surface area (Å²) >= 11 is 0. The van der Waals surface area contributed by atoms with Crippen LogP contribution in [0.1, 0.15) is 50.8 Å². The minimum absolute atomic E-state index is 0.00322. The number of nitrogens with one attached hydrogen (secondary N) is 2. The molecule has 0 saturated heterocycles. The van der Waals surface area contributed by atoms with E-state index in [1.165, 1.54) is 23.8 Å². The second-order valence-corrected chi connectivity index (χ2v) is 12.3. The molecular formula is C41H44FN5O5. The molecule has 0 saturated carbocycles. The van der Waals surface area contributed by atoms with Gasteiger partial charge in [-0.2, -0.15) is 0 Å². The molecule has 0 aliphatic heterocycles. The highest BCUT2D eigenvalue weighted by atomic mass is 19.1. The fourth-order valence-electron chi connectivity index (χ4n) is 5.55. The summed E-state index contributed by atoms with van der Waals surface area (Å²) in [4.78, 5) is 32.5. The van der Waals surface area contributed by atoms with E-state index in [9.17, 15) is 24.2 Å². The first-order valence-corrected chi connectivity index (χ1v) is 16.9. The molecule has 7 N–H and O–H groups in total. The Bertz CT molecular complexity index is 2020. The number of aliphatic hydroxyl groups is 1. The number of aryl methyl sites for hydroxylation is 1. The molecule has 0 aliphatic rings. The van der Waals surface area contributed by atoms with E-state index in [1.54, 1.807) is 48.5 Å². The molecule has 5 aromatic rings. The number of phenols is 1. The Balaban J connectivity index is 0.000000585. The van der Waals surface area contributed by atoms with Crippen LogP contribution in [0.15, 0.2) is 97.1 Å². The SMILES string of the molecule is CCN(c1ccc(-c2nc(-c3ccc(C(=N)CC(O)C(=O)O)cc3)c(-c3ccc(/C=C/C(N)=O)cc3)[nH]2)c(O)c1)C(C)C.CCc1ccc(F)cc1. The number of carbonyl (C=O) groups is 2. The number of aromatic nitrogens is 2. The second kappa shape index (κ2) is 17.7. The van der Waals surface area contributed by atoms with Gasteiger partial charge in [0.2, 0.25) is 5.91 Å². The molecule has 1 amide bonds. The smallest absolute Gasteiger partial charge is 0.332 e. The highest BCUT2D eigenvalue weighted by Crippen LogP contribution is 2.37. The molecule has 10 nitrogen and oxygen atoms in total. The number of aromatic hydroxyl groups is 1. The number of hydrogen-bond donors (Lipinski definition) is 6. The summed E-state index contributed by atoms with van der Waals surface area (Å²) in [6.07, 6.45) is 1.91. The van der Waals surface area contributed by atoms with Crippen molar-refractivity contribution in [3.8, 4) is 39.7 Å². The van der Waals surface area contributed by atoms with Crippen LogP contribution in [-0.2, 0) is 16.0 Å². The number of phenolic OH excluding ortho intramolecular Hbond substituents is 1. The number of halogens is 1. The van der Waals surface area contributed by atoms with Gasteiger partial charge in [0.05, 0.1) is 17.0 Å². The fraction of sp³-hybridized carbons (Fsp3) is 0.220. The minimum Gasteiger partial charge on any atom is -0.507 e. The molecule has 270 valence electrons. The largest absolute Gasteiger partial charge is 0.507 e. The minimum atomic E-state index is -1.66. The summed E-state index contributed by atoms with van der Waals surface area (Å²) < 4.78 is 12.2. The number of aliphatic hydroxyl groups excluding tert-OH is 1. The number of aromatic amines is 1. The maximum Gasteiger partial charge on any atom is 0.332 e. The number of imidazole rings is 1. The molecule has 52 heavy (non-hydrogen) atoms. The van der Waals surface area contributed by atoms with E-state index in [1.807, 2.05) is 43.3 Å². The number of primary amides is 1. The molecule has 0 radical (unpaired) electrons. The topological polar surface area (TPSA) is 177 Å². The molecule has 1 unspecified atom stereocenters. The molecule has 0 spiro atoms. The van der Waals surface area contributed by atoms with Gasteiger partial charge in [-0.3, -0.25) is 4.79 Å². The lowest BCUT2D eigenvalue weighted by molar-refractivity contribution is -0.146. The first kappa shape index (κ1) is 38.7. The fourth-order valence-corrected chi connectivity index (χ4v) is 5.55. The third-order valence-electron chi connectivity index (χ3n) is 8.39. The molecule has 4 aromatic carbocycles. The Hall–Kier alpha value is -6.07. The van der Waals surface area contributed by atoms with Crippen LogP contribution in [0.5, 0.6) is 5.75 Å². The number of carbonyl (C=O) groups excluding carboxylic acids is 1. The highest BCUT2D eigenvalue weighted by Gasteiger charge is 2.20. The number of hydrogen-bond acceptors (Lipinski definition) is 7. The van der Waals surface area contributed by atoms with Crippen LogP contribution >= 0.6 is 0 Å². The molecular weight excluding hydrogens is 661 g/mol. The van der Waals surface area contributed by atoms with Gasteiger partial charge in [0.25, 0.3) is 0 Å². The normalized spacial score (nSPS) is 11.6. The van der Waals surface area contributed by atoms with Crippen molar-refractivity contribution >= 4 is 29.4 Å². The van der Waals surface area contributed by atoms with E-state index in [0.717, 1.165) is 35.3 Å². The number of nitrogens with two attached hydrogens (primary N) is 1. The van der Waals surface area contributed by atoms with Gasteiger partial charge >= 0.3 is 5.97 Å². The lowest BCUT2D eigenvalue weighted by Gasteiger charge is -2.27. The standard InChI is InChI=1S/C33H35N5O5.C8H9F/c1-4-38(19(2)3)24-14-15-25(27(39)17-24)32-36-30(22-8-5-20(6-9-22)7-16-29(35)41)31(37-32)23-12-10-21(11-13-23)26(34)18-28(40)33(42)43;1-2-7-3-5-8(9)6-4-7/h5-17,19,28,34,39-40H,4,18H2,1-3H3,(H2,35,41)(H,36,37)(H,42,43);3-6H,2H2,1H3/b16-7+,34-26?;. The van der Waals surface area contributed by atoms with E-state index < -0.39 is 18.0 Å². The van der Waals surface area contributed by atoms with Crippen molar-refractivity contribution in [2.45, 2.75) is 52.7 Å². The average Bonchev–Trinajstić information content (AvgIpc) is 3.57. The highest BCUT2D eigenvalue weighted by molar-refractivity contribution is 6.00. The number of rotatable bonds is 13. The van der Waals surface area contributed by atoms with Crippen molar-refractivity contribution in [2.75, 3.05) is 11.4 Å². The first-order chi connectivity index (χ1) is 24.8. The van der Waals surface area contributed by atoms with Crippen LogP contribution < -0.4 is 10.6 Å². The summed E-state index contributed by atoms with van der Waals surface area (Å²) in [5, 5.41) is 37.9. The van der Waals surface area contributed by atoms with Crippen LogP contribution in [0.25, 0.3) is 40.0 Å². The molecule has 5 rings (SSSR count). The predicted molar refractivity (Wildman–Crippen MR) is 204 cm³/mol. The van der Waals surface area contributed by atoms with Crippen LogP contribution in [0.4, 0.5) is 10.1 Å². The second-order valence-electron chi connectivity index (χ2n) is 12.3. The number of anilines is 1. The Morgan fingerprint density at radius 1 is 0.962 bits per heavy atom. The van der Waals surface area contributed by atoms with Gasteiger partial charge in [0.15, 0.2) is 6.10 Å². The van der Waals surface area contributed by atoms with Gasteiger partial charge in [-0.15, -0.1) is 0 Å². The average molecular weight is 706 g/mol. The summed E-state index contributed by atoms with van der Waals surface area (Å²) in [5.74, 6) is -1.54. The number of nitrogens with zero attached hydrogens (tertiary/aromatic N) is 2. The number of carboxylic acid groups (broad SMARTS) is 1. The van der Waals surface area contributed by atoms with Gasteiger partial charge in [0, 0.05) is 53.7 Å². The maximum atomic E-state index is 12.2. The summed E-state index contributed by atoms with van der Waals surface area (Å²) in [5.41, 5.74) is 11.9. The summed E-state index contributed by atoms with van der Waals surface area (Å²) in [7, 11) is 0. The number of benzene rings is 4. The van der Waals surface area contributed by atoms with Gasteiger partial charge in [-0.05, 0) is 74.2 Å². The molecule has 11 heteroatoms. The molecule has 1 heterocycles. The lowest BCUT2D eigenvalue weighted by atomic mass is 9.99. The molecule has 0 bridgehead atoms. The molecule has 1 aromatic heterocycles. The Morgan fingerprint density at radius 2 is 1.60 bits per heavy atom. The zero-order valence-electron chi connectivity index (χ0n) is 29.6. The van der Waals surface area contributed by atoms with Gasteiger partial charge in [0.1, 0.15) is 17.4 Å². The van der Waals surface area contributed by atoms with Crippen LogP contribution in [0, 0.1) is 11.2 Å². The lowest BCUT2D eigenvalue weighted by Crippen LogP contribution is -2.30. The Labute approximate surface area is 302 Å². The zero-order valence-corrected chi connectivity index (χ0v) is 29.6. The van der Waals surface area contributed by atoms with Crippen LogP contribution in [-0.4, -0.2) is 61.6 Å². The van der Waals surface area contributed by atoms with E-state index in [4.69, 9.17) is 21.2 Å². The summed E-state index contributed by atoms with van der Waals surface area (Å²) in [6.45, 7) is 9.09. The van der Waals surface area contributed by atoms with Crippen molar-refractivity contribution in [2.24, 2.45) is 5.73 Å². The quantitative estimate of drug-likeness (QED) is 0.0545. The molecule has 0 fully saturated rings. The van der Waals surface area contributed by atoms with Crippen molar-refractivity contribution < 1.29 is 29.3 Å². The van der Waals surface area contributed by atoms with E-state index in [0.29, 0.717) is 28.3 Å². The van der Waals surface area contributed by atoms with Gasteiger partial charge in [-0.25, -0.2) is 14.2 Å². The third kappa shape index (κ3) is 10.0. The third-order valence-corrected chi connectivity index (χ3v) is 8.39. The number of carboxylic acids is 1. The zero-order chi connectivity index (χ0) is 37.9. The number of amides is 1. The van der Waals surface area contributed by atoms with E-state index >= 15 is 0 Å². The number of H-pyrrole nitrogens is 1. The molecule has 0 aliphatic carbocycles. The van der Waals surface area contributed by atoms with Crippen molar-refractivity contribution in [3.63, 3.8) is 0 Å². The van der Waals surface area contributed by atoms with Crippen molar-refractivity contribution in [1.29, 1.82) is 5.41 Å². The van der Waals surface area contributed by atoms with Gasteiger partial charge < -0.3 is 36.3 Å². The number of aliphatic carboxylic acids is 1. The van der Waals surface area contributed by atoms with Crippen molar-refractivity contribution in [3.05, 3.63) is 120 Å². The van der Waals surface area contributed by atoms with Crippen LogP contribution in [0.3, 0.4) is 0 Å². The monoisotopic (exact) mass is 705 g/mol. The predicted octanol–water partition coefficient (Wildman–Crippen LogP) is 7.44. The Morgan fingerprint density at radius 3 is 2.13 bits per heavy atom. The van der Waals surface area contributed by atoms with Crippen LogP contribution in [0.2, 0.25) is 0 Å². The van der Waals surface area contributed by atoms with E-state index in [-0.39, 0.29) is 29.7 Å². The summed E-state index contributed by atoms with van der Waals surface area (Å²) in [6, 6.07) is 26.7. The van der Waals surface area contributed by atoms with Crippen molar-refractivity contribution in [1.82, 2.24) is 9.97 Å². The maximum absolute atomic E-state index is 12.2.